The molecule has 2 saturated carbocycles. The Balaban J connectivity index is 1.69. The minimum absolute atomic E-state index is 0.0140. The predicted molar refractivity (Wildman–Crippen MR) is 71.9 cm³/mol. The van der Waals surface area contributed by atoms with Gasteiger partial charge in [-0.2, -0.15) is 0 Å². The molecule has 0 aromatic carbocycles. The number of carbonyl (C=O) groups excluding carboxylic acids is 1. The largest absolute Gasteiger partial charge is 0.481 e. The summed E-state index contributed by atoms with van der Waals surface area (Å²) in [6, 6.07) is -0.129. The van der Waals surface area contributed by atoms with E-state index in [1.807, 2.05) is 0 Å². The van der Waals surface area contributed by atoms with E-state index in [-0.39, 0.29) is 18.0 Å². The van der Waals surface area contributed by atoms with Gasteiger partial charge in [-0.05, 0) is 43.9 Å². The molecule has 0 aromatic heterocycles. The zero-order valence-corrected chi connectivity index (χ0v) is 11.6. The molecular weight excluding hydrogens is 244 g/mol. The molecule has 5 nitrogen and oxygen atoms in total. The smallest absolute Gasteiger partial charge is 0.315 e. The van der Waals surface area contributed by atoms with Crippen LogP contribution in [0, 0.1) is 11.3 Å². The predicted octanol–water partition coefficient (Wildman–Crippen LogP) is 2.12. The molecule has 0 aliphatic heterocycles. The highest BCUT2D eigenvalue weighted by Gasteiger charge is 2.35. The lowest BCUT2D eigenvalue weighted by molar-refractivity contribution is -0.141. The zero-order chi connectivity index (χ0) is 13.9. The van der Waals surface area contributed by atoms with Gasteiger partial charge < -0.3 is 15.7 Å². The standard InChI is InChI=1S/C14H24N2O3/c1-2-14(6-3-7-14)9-15-13(19)16-11-5-4-10(8-11)12(17)18/h10-11H,2-9H2,1H3,(H,17,18)(H2,15,16,19). The highest BCUT2D eigenvalue weighted by atomic mass is 16.4. The van der Waals surface area contributed by atoms with Gasteiger partial charge in [0, 0.05) is 12.6 Å². The summed E-state index contributed by atoms with van der Waals surface area (Å²) in [4.78, 5) is 22.7. The third kappa shape index (κ3) is 3.39. The molecule has 0 aromatic rings. The van der Waals surface area contributed by atoms with Gasteiger partial charge in [0.15, 0.2) is 0 Å². The molecule has 2 unspecified atom stereocenters. The van der Waals surface area contributed by atoms with Crippen LogP contribution in [0.3, 0.4) is 0 Å². The molecule has 2 atom stereocenters. The first kappa shape index (κ1) is 14.2. The quantitative estimate of drug-likeness (QED) is 0.714. The molecule has 5 heteroatoms. The lowest BCUT2D eigenvalue weighted by Gasteiger charge is -2.41. The van der Waals surface area contributed by atoms with Crippen LogP contribution in [0.4, 0.5) is 4.79 Å². The lowest BCUT2D eigenvalue weighted by atomic mass is 9.67. The van der Waals surface area contributed by atoms with E-state index < -0.39 is 5.97 Å². The molecule has 3 N–H and O–H groups in total. The van der Waals surface area contributed by atoms with Crippen molar-refractivity contribution >= 4 is 12.0 Å². The van der Waals surface area contributed by atoms with Crippen molar-refractivity contribution in [2.75, 3.05) is 6.54 Å². The number of hydrogen-bond acceptors (Lipinski definition) is 2. The molecule has 2 fully saturated rings. The van der Waals surface area contributed by atoms with Crippen LogP contribution < -0.4 is 10.6 Å². The lowest BCUT2D eigenvalue weighted by Crippen LogP contribution is -2.47. The fourth-order valence-corrected chi connectivity index (χ4v) is 3.17. The maximum absolute atomic E-state index is 11.8. The van der Waals surface area contributed by atoms with E-state index in [1.165, 1.54) is 19.3 Å². The fourth-order valence-electron chi connectivity index (χ4n) is 3.17. The van der Waals surface area contributed by atoms with Crippen molar-refractivity contribution in [2.24, 2.45) is 11.3 Å². The minimum Gasteiger partial charge on any atom is -0.481 e. The number of amides is 2. The van der Waals surface area contributed by atoms with Crippen molar-refractivity contribution in [3.63, 3.8) is 0 Å². The second-order valence-corrected chi connectivity index (χ2v) is 6.08. The van der Waals surface area contributed by atoms with Crippen LogP contribution in [-0.4, -0.2) is 29.7 Å². The van der Waals surface area contributed by atoms with E-state index in [4.69, 9.17) is 5.11 Å². The molecule has 2 rings (SSSR count). The normalized spacial score (nSPS) is 28.5. The first-order valence-electron chi connectivity index (χ1n) is 7.32. The van der Waals surface area contributed by atoms with E-state index >= 15 is 0 Å². The van der Waals surface area contributed by atoms with E-state index in [1.54, 1.807) is 0 Å². The molecule has 0 spiro atoms. The Hall–Kier alpha value is -1.26. The molecule has 2 amide bonds. The average Bonchev–Trinajstić information content (AvgIpc) is 2.77. The average molecular weight is 268 g/mol. The van der Waals surface area contributed by atoms with Crippen molar-refractivity contribution in [3.8, 4) is 0 Å². The first-order valence-corrected chi connectivity index (χ1v) is 7.32. The van der Waals surface area contributed by atoms with Crippen LogP contribution in [0.5, 0.6) is 0 Å². The maximum atomic E-state index is 11.8. The second kappa shape index (κ2) is 5.80. The third-order valence-electron chi connectivity index (χ3n) is 4.91. The molecule has 2 aliphatic carbocycles. The Morgan fingerprint density at radius 2 is 2.05 bits per heavy atom. The van der Waals surface area contributed by atoms with E-state index in [2.05, 4.69) is 17.6 Å². The van der Waals surface area contributed by atoms with Gasteiger partial charge >= 0.3 is 12.0 Å². The molecule has 0 heterocycles. The Bertz CT molecular complexity index is 347. The van der Waals surface area contributed by atoms with Crippen LogP contribution in [0.2, 0.25) is 0 Å². The summed E-state index contributed by atoms with van der Waals surface area (Å²) in [5, 5.41) is 14.8. The van der Waals surface area contributed by atoms with Crippen molar-refractivity contribution < 1.29 is 14.7 Å². The van der Waals surface area contributed by atoms with E-state index in [9.17, 15) is 9.59 Å². The van der Waals surface area contributed by atoms with Gasteiger partial charge in [-0.25, -0.2) is 4.79 Å². The summed E-state index contributed by atoms with van der Waals surface area (Å²) in [5.41, 5.74) is 0.316. The van der Waals surface area contributed by atoms with Crippen molar-refractivity contribution in [1.29, 1.82) is 0 Å². The summed E-state index contributed by atoms with van der Waals surface area (Å²) in [5.74, 6) is -1.04. The van der Waals surface area contributed by atoms with Gasteiger partial charge in [0.25, 0.3) is 0 Å². The molecular formula is C14H24N2O3. The number of nitrogens with one attached hydrogen (secondary N) is 2. The minimum atomic E-state index is -0.746. The number of carboxylic acid groups (broad SMARTS) is 1. The van der Waals surface area contributed by atoms with E-state index in [0.717, 1.165) is 19.4 Å². The zero-order valence-electron chi connectivity index (χ0n) is 11.6. The molecule has 108 valence electrons. The summed E-state index contributed by atoms with van der Waals surface area (Å²) in [7, 11) is 0. The summed E-state index contributed by atoms with van der Waals surface area (Å²) in [6.45, 7) is 2.91. The Morgan fingerprint density at radius 3 is 2.53 bits per heavy atom. The van der Waals surface area contributed by atoms with Gasteiger partial charge in [0.1, 0.15) is 0 Å². The fraction of sp³-hybridized carbons (Fsp3) is 0.857. The van der Waals surface area contributed by atoms with Crippen LogP contribution in [-0.2, 0) is 4.79 Å². The Labute approximate surface area is 114 Å². The Kier molecular flexibility index (Phi) is 4.32. The molecule has 19 heavy (non-hydrogen) atoms. The van der Waals surface area contributed by atoms with Crippen LogP contribution >= 0.6 is 0 Å². The maximum Gasteiger partial charge on any atom is 0.315 e. The van der Waals surface area contributed by atoms with Gasteiger partial charge in [-0.1, -0.05) is 13.3 Å². The van der Waals surface area contributed by atoms with Gasteiger partial charge in [-0.3, -0.25) is 4.79 Å². The number of hydrogen-bond donors (Lipinski definition) is 3. The highest BCUT2D eigenvalue weighted by Crippen LogP contribution is 2.43. The van der Waals surface area contributed by atoms with Crippen LogP contribution in [0.1, 0.15) is 51.9 Å². The SMILES string of the molecule is CCC1(CNC(=O)NC2CCC(C(=O)O)C2)CCC1. The van der Waals surface area contributed by atoms with Crippen molar-refractivity contribution in [2.45, 2.75) is 57.9 Å². The summed E-state index contributed by atoms with van der Waals surface area (Å²) < 4.78 is 0. The second-order valence-electron chi connectivity index (χ2n) is 6.08. The van der Waals surface area contributed by atoms with Gasteiger partial charge in [0.05, 0.1) is 5.92 Å². The number of aliphatic carboxylic acids is 1. The summed E-state index contributed by atoms with van der Waals surface area (Å²) in [6.07, 6.45) is 6.77. The topological polar surface area (TPSA) is 78.4 Å². The van der Waals surface area contributed by atoms with Crippen molar-refractivity contribution in [3.05, 3.63) is 0 Å². The number of carbonyl (C=O) groups is 2. The van der Waals surface area contributed by atoms with Crippen molar-refractivity contribution in [1.82, 2.24) is 10.6 Å². The number of rotatable bonds is 5. The molecule has 0 bridgehead atoms. The summed E-state index contributed by atoms with van der Waals surface area (Å²) >= 11 is 0. The van der Waals surface area contributed by atoms with Gasteiger partial charge in [-0.15, -0.1) is 0 Å². The third-order valence-corrected chi connectivity index (χ3v) is 4.91. The van der Waals surface area contributed by atoms with E-state index in [0.29, 0.717) is 18.3 Å². The number of urea groups is 1. The Morgan fingerprint density at radius 1 is 1.32 bits per heavy atom. The molecule has 2 aliphatic rings. The highest BCUT2D eigenvalue weighted by molar-refractivity contribution is 5.75. The monoisotopic (exact) mass is 268 g/mol. The number of carboxylic acids is 1. The molecule has 0 saturated heterocycles. The first-order chi connectivity index (χ1) is 9.04. The molecule has 0 radical (unpaired) electrons. The van der Waals surface area contributed by atoms with Crippen LogP contribution in [0.25, 0.3) is 0 Å². The van der Waals surface area contributed by atoms with Crippen LogP contribution in [0.15, 0.2) is 0 Å². The van der Waals surface area contributed by atoms with Gasteiger partial charge in [0.2, 0.25) is 0 Å².